The summed E-state index contributed by atoms with van der Waals surface area (Å²) in [5.41, 5.74) is 3.10. The number of nitrogens with zero attached hydrogens (tertiary/aromatic N) is 4. The number of hydrogen-bond acceptors (Lipinski definition) is 4. The Hall–Kier alpha value is -2.95. The Morgan fingerprint density at radius 2 is 1.78 bits per heavy atom. The molecule has 0 spiro atoms. The van der Waals surface area contributed by atoms with Crippen molar-refractivity contribution in [2.75, 3.05) is 0 Å². The van der Waals surface area contributed by atoms with Crippen LogP contribution in [0.15, 0.2) is 71.0 Å². The molecule has 5 rings (SSSR count). The van der Waals surface area contributed by atoms with Gasteiger partial charge in [-0.2, -0.15) is 5.11 Å². The molecular formula is C18H14N4O. The third-order valence-electron chi connectivity index (χ3n) is 4.61. The number of carbonyl (C=O) groups is 1. The van der Waals surface area contributed by atoms with Crippen molar-refractivity contribution >= 4 is 16.8 Å². The van der Waals surface area contributed by atoms with Crippen LogP contribution in [0, 0.1) is 0 Å². The summed E-state index contributed by atoms with van der Waals surface area (Å²) in [6.45, 7) is 0.653. The molecular weight excluding hydrogens is 288 g/mol. The van der Waals surface area contributed by atoms with Crippen molar-refractivity contribution in [2.45, 2.75) is 18.6 Å². The van der Waals surface area contributed by atoms with Gasteiger partial charge in [0.1, 0.15) is 6.04 Å². The van der Waals surface area contributed by atoms with Crippen LogP contribution in [0.4, 0.5) is 0 Å². The summed E-state index contributed by atoms with van der Waals surface area (Å²) in [5.74, 6) is 0.0190. The molecule has 3 heterocycles. The minimum atomic E-state index is -0.418. The Bertz CT molecular complexity index is 944. The minimum absolute atomic E-state index is 0.0190. The summed E-state index contributed by atoms with van der Waals surface area (Å²) in [4.78, 5) is 12.7. The summed E-state index contributed by atoms with van der Waals surface area (Å²) in [7, 11) is 0. The van der Waals surface area contributed by atoms with E-state index in [0.717, 1.165) is 22.2 Å². The summed E-state index contributed by atoms with van der Waals surface area (Å²) in [6.07, 6.45) is 0. The Morgan fingerprint density at radius 3 is 2.65 bits per heavy atom. The molecule has 2 unspecified atom stereocenters. The zero-order valence-electron chi connectivity index (χ0n) is 12.3. The van der Waals surface area contributed by atoms with E-state index in [2.05, 4.69) is 28.5 Å². The first kappa shape index (κ1) is 12.6. The van der Waals surface area contributed by atoms with Crippen LogP contribution in [0.5, 0.6) is 0 Å². The lowest BCUT2D eigenvalue weighted by Gasteiger charge is -2.20. The van der Waals surface area contributed by atoms with Crippen LogP contribution in [-0.4, -0.2) is 21.5 Å². The molecule has 2 aromatic carbocycles. The van der Waals surface area contributed by atoms with E-state index in [1.807, 2.05) is 47.5 Å². The highest BCUT2D eigenvalue weighted by atomic mass is 16.2. The highest BCUT2D eigenvalue weighted by molar-refractivity contribution is 5.99. The molecule has 5 heteroatoms. The second kappa shape index (κ2) is 4.52. The standard InChI is InChI=1S/C18H14N4O/c23-18-16-17(15-10-13-8-4-5-9-14(13)22(15)18)21(20-19-16)11-12-6-2-1-3-7-12/h1-10,16-17H,11H2. The quantitative estimate of drug-likeness (QED) is 0.726. The smallest absolute Gasteiger partial charge is 0.260 e. The van der Waals surface area contributed by atoms with Crippen LogP contribution >= 0.6 is 0 Å². The van der Waals surface area contributed by atoms with E-state index < -0.39 is 6.04 Å². The van der Waals surface area contributed by atoms with E-state index in [0.29, 0.717) is 6.54 Å². The van der Waals surface area contributed by atoms with Crippen molar-refractivity contribution < 1.29 is 4.79 Å². The maximum atomic E-state index is 12.7. The van der Waals surface area contributed by atoms with Crippen molar-refractivity contribution in [3.63, 3.8) is 0 Å². The highest BCUT2D eigenvalue weighted by Crippen LogP contribution is 2.42. The van der Waals surface area contributed by atoms with Gasteiger partial charge in [-0.05, 0) is 17.7 Å². The van der Waals surface area contributed by atoms with Gasteiger partial charge in [-0.15, -0.1) is 0 Å². The Kier molecular flexibility index (Phi) is 2.47. The number of benzene rings is 2. The zero-order chi connectivity index (χ0) is 15.4. The molecule has 0 radical (unpaired) electrons. The maximum Gasteiger partial charge on any atom is 0.260 e. The van der Waals surface area contributed by atoms with E-state index >= 15 is 0 Å². The zero-order valence-corrected chi connectivity index (χ0v) is 12.3. The lowest BCUT2D eigenvalue weighted by molar-refractivity contribution is 0.0894. The molecule has 23 heavy (non-hydrogen) atoms. The molecule has 0 bridgehead atoms. The lowest BCUT2D eigenvalue weighted by atomic mass is 10.1. The van der Waals surface area contributed by atoms with E-state index in [9.17, 15) is 4.79 Å². The lowest BCUT2D eigenvalue weighted by Crippen LogP contribution is -2.25. The molecule has 0 fully saturated rings. The summed E-state index contributed by atoms with van der Waals surface area (Å²) < 4.78 is 1.81. The first-order chi connectivity index (χ1) is 11.3. The number of rotatable bonds is 2. The maximum absolute atomic E-state index is 12.7. The van der Waals surface area contributed by atoms with Crippen LogP contribution in [0.25, 0.3) is 10.9 Å². The molecule has 3 aromatic rings. The summed E-state index contributed by atoms with van der Waals surface area (Å²) in [5, 5.41) is 11.5. The van der Waals surface area contributed by atoms with E-state index in [-0.39, 0.29) is 11.9 Å². The summed E-state index contributed by atoms with van der Waals surface area (Å²) in [6, 6.07) is 19.7. The fraction of sp³-hybridized carbons (Fsp3) is 0.167. The SMILES string of the molecule is O=C1C2N=NN(Cc3ccccc3)C2c2cc3ccccc3n21. The molecule has 2 aliphatic rings. The first-order valence-corrected chi connectivity index (χ1v) is 7.69. The van der Waals surface area contributed by atoms with Gasteiger partial charge in [0.2, 0.25) is 0 Å². The molecule has 0 N–H and O–H groups in total. The van der Waals surface area contributed by atoms with Gasteiger partial charge < -0.3 is 0 Å². The van der Waals surface area contributed by atoms with Crippen molar-refractivity contribution in [3.8, 4) is 0 Å². The molecule has 0 saturated carbocycles. The second-order valence-corrected chi connectivity index (χ2v) is 5.98. The second-order valence-electron chi connectivity index (χ2n) is 5.98. The highest BCUT2D eigenvalue weighted by Gasteiger charge is 2.48. The molecule has 2 aliphatic heterocycles. The molecule has 112 valence electrons. The molecule has 0 aliphatic carbocycles. The fourth-order valence-electron chi connectivity index (χ4n) is 3.58. The third kappa shape index (κ3) is 1.70. The number of aromatic nitrogens is 1. The number of carbonyl (C=O) groups excluding carboxylic acids is 1. The summed E-state index contributed by atoms with van der Waals surface area (Å²) >= 11 is 0. The van der Waals surface area contributed by atoms with Crippen molar-refractivity contribution in [3.05, 3.63) is 71.9 Å². The molecule has 1 aromatic heterocycles. The molecule has 0 amide bonds. The number of fused-ring (bicyclic) bond motifs is 5. The van der Waals surface area contributed by atoms with Crippen molar-refractivity contribution in [1.82, 2.24) is 9.58 Å². The van der Waals surface area contributed by atoms with E-state index in [4.69, 9.17) is 0 Å². The first-order valence-electron chi connectivity index (χ1n) is 7.69. The van der Waals surface area contributed by atoms with Gasteiger partial charge >= 0.3 is 0 Å². The third-order valence-corrected chi connectivity index (χ3v) is 4.61. The minimum Gasteiger partial charge on any atom is -0.280 e. The topological polar surface area (TPSA) is 50.0 Å². The van der Waals surface area contributed by atoms with Crippen LogP contribution < -0.4 is 0 Å². The number of para-hydroxylation sites is 1. The molecule has 5 nitrogen and oxygen atoms in total. The monoisotopic (exact) mass is 302 g/mol. The normalized spacial score (nSPS) is 21.9. The fourth-order valence-corrected chi connectivity index (χ4v) is 3.58. The largest absolute Gasteiger partial charge is 0.280 e. The molecule has 2 atom stereocenters. The van der Waals surface area contributed by atoms with Crippen molar-refractivity contribution in [1.29, 1.82) is 0 Å². The van der Waals surface area contributed by atoms with Crippen LogP contribution in [0.3, 0.4) is 0 Å². The van der Waals surface area contributed by atoms with Gasteiger partial charge in [-0.1, -0.05) is 53.8 Å². The van der Waals surface area contributed by atoms with E-state index in [1.165, 1.54) is 0 Å². The van der Waals surface area contributed by atoms with Gasteiger partial charge in [0.05, 0.1) is 17.8 Å². The van der Waals surface area contributed by atoms with Crippen LogP contribution in [0.1, 0.15) is 22.1 Å². The Balaban J connectivity index is 1.59. The Labute approximate surface area is 132 Å². The van der Waals surface area contributed by atoms with Gasteiger partial charge in [0.25, 0.3) is 5.91 Å². The predicted molar refractivity (Wildman–Crippen MR) is 85.9 cm³/mol. The van der Waals surface area contributed by atoms with Crippen LogP contribution in [0.2, 0.25) is 0 Å². The van der Waals surface area contributed by atoms with Gasteiger partial charge in [-0.3, -0.25) is 14.4 Å². The van der Waals surface area contributed by atoms with Gasteiger partial charge in [-0.25, -0.2) is 0 Å². The molecule has 0 saturated heterocycles. The number of hydrogen-bond donors (Lipinski definition) is 0. The van der Waals surface area contributed by atoms with Gasteiger partial charge in [0.15, 0.2) is 6.04 Å². The van der Waals surface area contributed by atoms with E-state index in [1.54, 1.807) is 4.57 Å². The predicted octanol–water partition coefficient (Wildman–Crippen LogP) is 3.59. The van der Waals surface area contributed by atoms with Gasteiger partial charge in [0, 0.05) is 5.39 Å². The average molecular weight is 302 g/mol. The van der Waals surface area contributed by atoms with Crippen LogP contribution in [-0.2, 0) is 6.54 Å². The Morgan fingerprint density at radius 1 is 1.00 bits per heavy atom. The van der Waals surface area contributed by atoms with Crippen molar-refractivity contribution in [2.24, 2.45) is 10.3 Å². The average Bonchev–Trinajstić information content (AvgIpc) is 3.22.